The number of piperidine rings is 1. The molecule has 0 radical (unpaired) electrons. The molecule has 2 unspecified atom stereocenters. The molecule has 2 fully saturated rings. The van der Waals surface area contributed by atoms with Crippen LogP contribution in [-0.2, 0) is 10.2 Å². The molecule has 1 saturated heterocycles. The number of amides is 1. The number of H-pyrrole nitrogens is 1. The van der Waals surface area contributed by atoms with Gasteiger partial charge in [-0.05, 0) is 92.0 Å². The van der Waals surface area contributed by atoms with E-state index in [-0.39, 0.29) is 11.8 Å². The number of methoxy groups -OCH3 is 1. The topological polar surface area (TPSA) is 79.5 Å². The number of aromatic amines is 1. The largest absolute Gasteiger partial charge is 0.497 e. The van der Waals surface area contributed by atoms with Crippen molar-refractivity contribution in [3.8, 4) is 22.8 Å². The molecule has 0 bridgehead atoms. The molecular formula is C31H32N4O3. The second kappa shape index (κ2) is 9.17. The summed E-state index contributed by atoms with van der Waals surface area (Å²) < 4.78 is 11.4. The first-order valence-electron chi connectivity index (χ1n) is 13.6. The number of fused-ring (bicyclic) bond motifs is 3. The molecule has 1 saturated carbocycles. The summed E-state index contributed by atoms with van der Waals surface area (Å²) >= 11 is 0. The summed E-state index contributed by atoms with van der Waals surface area (Å²) in [6, 6.07) is 20.4. The van der Waals surface area contributed by atoms with Gasteiger partial charge in [-0.3, -0.25) is 14.8 Å². The van der Waals surface area contributed by atoms with Crippen LogP contribution in [-0.4, -0.2) is 54.4 Å². The van der Waals surface area contributed by atoms with E-state index in [1.807, 2.05) is 30.3 Å². The molecule has 3 aromatic carbocycles. The first-order chi connectivity index (χ1) is 18.7. The molecule has 194 valence electrons. The predicted octanol–water partition coefficient (Wildman–Crippen LogP) is 5.48. The predicted molar refractivity (Wildman–Crippen MR) is 148 cm³/mol. The first-order valence-corrected chi connectivity index (χ1v) is 13.6. The Bertz CT molecular complexity index is 1510. The Balaban J connectivity index is 1.07. The molecule has 2 N–H and O–H groups in total. The zero-order valence-corrected chi connectivity index (χ0v) is 21.6. The number of rotatable bonds is 7. The fourth-order valence-electron chi connectivity index (χ4n) is 6.36. The molecule has 3 heterocycles. The monoisotopic (exact) mass is 508 g/mol. The van der Waals surface area contributed by atoms with Crippen LogP contribution in [0.3, 0.4) is 0 Å². The maximum absolute atomic E-state index is 13.0. The van der Waals surface area contributed by atoms with Crippen LogP contribution in [0.5, 0.6) is 11.5 Å². The van der Waals surface area contributed by atoms with Gasteiger partial charge in [-0.2, -0.15) is 5.10 Å². The Morgan fingerprint density at radius 3 is 2.63 bits per heavy atom. The number of ether oxygens (including phenoxy) is 2. The Morgan fingerprint density at radius 1 is 1.00 bits per heavy atom. The van der Waals surface area contributed by atoms with Crippen LogP contribution in [0.1, 0.15) is 42.7 Å². The van der Waals surface area contributed by atoms with Gasteiger partial charge >= 0.3 is 0 Å². The van der Waals surface area contributed by atoms with Crippen molar-refractivity contribution in [3.63, 3.8) is 0 Å². The van der Waals surface area contributed by atoms with E-state index >= 15 is 0 Å². The zero-order chi connectivity index (χ0) is 25.7. The zero-order valence-electron chi connectivity index (χ0n) is 21.6. The third-order valence-corrected chi connectivity index (χ3v) is 8.56. The lowest BCUT2D eigenvalue weighted by Gasteiger charge is -2.26. The summed E-state index contributed by atoms with van der Waals surface area (Å²) in [4.78, 5) is 15.5. The summed E-state index contributed by atoms with van der Waals surface area (Å²) in [5, 5.41) is 12.0. The van der Waals surface area contributed by atoms with Crippen molar-refractivity contribution >= 4 is 22.5 Å². The highest BCUT2D eigenvalue weighted by molar-refractivity contribution is 6.10. The summed E-state index contributed by atoms with van der Waals surface area (Å²) in [7, 11) is 1.66. The quantitative estimate of drug-likeness (QED) is 0.346. The molecule has 3 aliphatic rings. The van der Waals surface area contributed by atoms with Crippen LogP contribution in [0, 0.1) is 0 Å². The van der Waals surface area contributed by atoms with Gasteiger partial charge in [0, 0.05) is 29.1 Å². The van der Waals surface area contributed by atoms with E-state index in [0.717, 1.165) is 63.4 Å². The number of carbonyl (C=O) groups excluding carboxylic acids is 1. The van der Waals surface area contributed by atoms with Gasteiger partial charge in [0.15, 0.2) is 0 Å². The van der Waals surface area contributed by atoms with Crippen LogP contribution in [0.25, 0.3) is 22.2 Å². The summed E-state index contributed by atoms with van der Waals surface area (Å²) in [6.45, 7) is 4.07. The maximum atomic E-state index is 13.0. The average molecular weight is 509 g/mol. The highest BCUT2D eigenvalue weighted by Crippen LogP contribution is 2.65. The summed E-state index contributed by atoms with van der Waals surface area (Å²) in [5.41, 5.74) is 5.51. The molecule has 7 rings (SSSR count). The van der Waals surface area contributed by atoms with E-state index in [2.05, 4.69) is 50.7 Å². The molecule has 2 aliphatic heterocycles. The van der Waals surface area contributed by atoms with Crippen molar-refractivity contribution in [2.45, 2.75) is 37.0 Å². The minimum absolute atomic E-state index is 0.0781. The van der Waals surface area contributed by atoms with Gasteiger partial charge in [0.1, 0.15) is 18.1 Å². The van der Waals surface area contributed by atoms with Crippen molar-refractivity contribution in [1.29, 1.82) is 0 Å². The molecule has 7 heteroatoms. The number of anilines is 1. The molecule has 1 aliphatic carbocycles. The maximum Gasteiger partial charge on any atom is 0.235 e. The lowest BCUT2D eigenvalue weighted by molar-refractivity contribution is -0.118. The molecule has 7 nitrogen and oxygen atoms in total. The molecule has 4 aromatic rings. The lowest BCUT2D eigenvalue weighted by Crippen LogP contribution is -2.33. The molecular weight excluding hydrogens is 476 g/mol. The van der Waals surface area contributed by atoms with E-state index in [1.54, 1.807) is 7.11 Å². The molecule has 2 atom stereocenters. The summed E-state index contributed by atoms with van der Waals surface area (Å²) in [6.07, 6.45) is 4.75. The number of hydrogen-bond acceptors (Lipinski definition) is 5. The van der Waals surface area contributed by atoms with Crippen molar-refractivity contribution < 1.29 is 14.3 Å². The van der Waals surface area contributed by atoms with Crippen LogP contribution in [0.2, 0.25) is 0 Å². The molecule has 1 aromatic heterocycles. The molecule has 1 spiro atoms. The van der Waals surface area contributed by atoms with Crippen molar-refractivity contribution in [1.82, 2.24) is 15.1 Å². The van der Waals surface area contributed by atoms with E-state index in [4.69, 9.17) is 9.47 Å². The Hall–Kier alpha value is -3.84. The Morgan fingerprint density at radius 2 is 1.82 bits per heavy atom. The Kier molecular flexibility index (Phi) is 5.62. The molecule has 1 amide bonds. The fourth-order valence-corrected chi connectivity index (χ4v) is 6.36. The van der Waals surface area contributed by atoms with E-state index < -0.39 is 5.41 Å². The lowest BCUT2D eigenvalue weighted by atomic mass is 9.91. The number of benzene rings is 3. The smallest absolute Gasteiger partial charge is 0.235 e. The second-order valence-corrected chi connectivity index (χ2v) is 10.7. The number of hydrogen-bond donors (Lipinski definition) is 2. The van der Waals surface area contributed by atoms with Crippen LogP contribution >= 0.6 is 0 Å². The third kappa shape index (κ3) is 3.84. The van der Waals surface area contributed by atoms with Crippen LogP contribution in [0.15, 0.2) is 60.7 Å². The number of nitrogens with zero attached hydrogens (tertiary/aromatic N) is 2. The van der Waals surface area contributed by atoms with Gasteiger partial charge < -0.3 is 14.8 Å². The van der Waals surface area contributed by atoms with Gasteiger partial charge in [-0.15, -0.1) is 0 Å². The van der Waals surface area contributed by atoms with E-state index in [1.165, 1.54) is 32.4 Å². The van der Waals surface area contributed by atoms with E-state index in [9.17, 15) is 4.79 Å². The minimum atomic E-state index is -0.510. The van der Waals surface area contributed by atoms with Gasteiger partial charge in [0.2, 0.25) is 5.91 Å². The highest BCUT2D eigenvalue weighted by Gasteiger charge is 2.65. The van der Waals surface area contributed by atoms with E-state index in [0.29, 0.717) is 6.61 Å². The number of carbonyl (C=O) groups is 1. The van der Waals surface area contributed by atoms with Crippen LogP contribution < -0.4 is 14.8 Å². The number of aromatic nitrogens is 2. The standard InChI is InChI=1S/C31H32N4O3/c1-37-23-10-12-27-25(18-23)31(30(36)32-27)19-26(31)21-7-11-24-28(17-21)33-34-29(24)20-5-8-22(9-6-20)38-16-15-35-13-3-2-4-14-35/h5-12,17-18,26H,2-4,13-16,19H2,1H3,(H,32,36)(H,33,34). The van der Waals surface area contributed by atoms with Gasteiger partial charge in [0.25, 0.3) is 0 Å². The van der Waals surface area contributed by atoms with Gasteiger partial charge in [-0.1, -0.05) is 18.6 Å². The van der Waals surface area contributed by atoms with Gasteiger partial charge in [0.05, 0.1) is 23.7 Å². The van der Waals surface area contributed by atoms with Crippen molar-refractivity contribution in [2.24, 2.45) is 0 Å². The normalized spacial score (nSPS) is 22.4. The number of likely N-dealkylation sites (tertiary alicyclic amines) is 1. The Labute approximate surface area is 222 Å². The summed E-state index contributed by atoms with van der Waals surface area (Å²) in [5.74, 6) is 1.87. The first kappa shape index (κ1) is 23.3. The van der Waals surface area contributed by atoms with Gasteiger partial charge in [-0.25, -0.2) is 0 Å². The van der Waals surface area contributed by atoms with Crippen molar-refractivity contribution in [2.75, 3.05) is 38.7 Å². The fraction of sp³-hybridized carbons (Fsp3) is 0.355. The van der Waals surface area contributed by atoms with Crippen molar-refractivity contribution in [3.05, 3.63) is 71.8 Å². The van der Waals surface area contributed by atoms with Crippen LogP contribution in [0.4, 0.5) is 5.69 Å². The number of nitrogens with one attached hydrogen (secondary N) is 2. The second-order valence-electron chi connectivity index (χ2n) is 10.7. The minimum Gasteiger partial charge on any atom is -0.497 e. The highest BCUT2D eigenvalue weighted by atomic mass is 16.5. The molecule has 38 heavy (non-hydrogen) atoms. The third-order valence-electron chi connectivity index (χ3n) is 8.56. The average Bonchev–Trinajstić information content (AvgIpc) is 3.48. The SMILES string of the molecule is COc1ccc2c(c1)C1(CC1c1ccc3c(-c4ccc(OCCN5CCCCC5)cc4)n[nH]c3c1)C(=O)N2.